The zero-order valence-electron chi connectivity index (χ0n) is 18.2. The molecule has 164 valence electrons. The number of hydrogen-bond donors (Lipinski definition) is 2. The maximum absolute atomic E-state index is 13.6. The number of ether oxygens (including phenoxy) is 1. The number of aromatic amines is 1. The van der Waals surface area contributed by atoms with E-state index in [1.165, 1.54) is 0 Å². The second-order valence-electron chi connectivity index (χ2n) is 8.09. The van der Waals surface area contributed by atoms with Gasteiger partial charge in [0.2, 0.25) is 0 Å². The number of aryl methyl sites for hydroxylation is 1. The quantitative estimate of drug-likeness (QED) is 0.486. The van der Waals surface area contributed by atoms with E-state index in [0.29, 0.717) is 24.3 Å². The molecule has 0 spiro atoms. The second-order valence-corrected chi connectivity index (χ2v) is 8.09. The van der Waals surface area contributed by atoms with Crippen LogP contribution in [0, 0.1) is 6.92 Å². The van der Waals surface area contributed by atoms with E-state index in [9.17, 15) is 9.59 Å². The molecule has 1 aromatic heterocycles. The third-order valence-electron chi connectivity index (χ3n) is 5.83. The molecule has 0 aliphatic carbocycles. The molecular formula is C27H23N3O3. The number of nitrogens with zero attached hydrogens (tertiary/aromatic N) is 1. The van der Waals surface area contributed by atoms with E-state index in [1.54, 1.807) is 0 Å². The van der Waals surface area contributed by atoms with Crippen molar-refractivity contribution in [3.05, 3.63) is 106 Å². The summed E-state index contributed by atoms with van der Waals surface area (Å²) in [6.45, 7) is 2.50. The molecule has 0 radical (unpaired) electrons. The highest BCUT2D eigenvalue weighted by molar-refractivity contribution is 6.03. The fourth-order valence-electron chi connectivity index (χ4n) is 4.25. The average Bonchev–Trinajstić information content (AvgIpc) is 2.85. The number of nitrogens with one attached hydrogen (secondary N) is 2. The van der Waals surface area contributed by atoms with Crippen molar-refractivity contribution < 1.29 is 9.53 Å². The van der Waals surface area contributed by atoms with Gasteiger partial charge in [0.05, 0.1) is 18.3 Å². The molecule has 2 heterocycles. The van der Waals surface area contributed by atoms with E-state index in [1.807, 2.05) is 85.8 Å². The molecule has 0 saturated carbocycles. The summed E-state index contributed by atoms with van der Waals surface area (Å²) in [6, 6.07) is 24.6. The fraction of sp³-hybridized carbons (Fsp3) is 0.148. The maximum Gasteiger partial charge on any atom is 0.277 e. The van der Waals surface area contributed by atoms with Crippen molar-refractivity contribution in [1.29, 1.82) is 0 Å². The lowest BCUT2D eigenvalue weighted by molar-refractivity contribution is 0.0923. The number of H-pyrrole nitrogens is 1. The third kappa shape index (κ3) is 4.03. The first-order chi connectivity index (χ1) is 16.1. The summed E-state index contributed by atoms with van der Waals surface area (Å²) >= 11 is 0. The summed E-state index contributed by atoms with van der Waals surface area (Å²) in [6.07, 6.45) is 0.622. The molecule has 0 bridgehead atoms. The number of fused-ring (bicyclic) bond motifs is 1. The summed E-state index contributed by atoms with van der Waals surface area (Å²) in [7, 11) is 0. The normalized spacial score (nSPS) is 14.8. The fourth-order valence-corrected chi connectivity index (χ4v) is 4.25. The number of rotatable bonds is 4. The predicted molar refractivity (Wildman–Crippen MR) is 127 cm³/mol. The van der Waals surface area contributed by atoms with Crippen molar-refractivity contribution in [2.45, 2.75) is 19.4 Å². The van der Waals surface area contributed by atoms with Gasteiger partial charge in [0, 0.05) is 23.1 Å². The van der Waals surface area contributed by atoms with Crippen molar-refractivity contribution in [2.75, 3.05) is 6.61 Å². The maximum atomic E-state index is 13.6. The minimum Gasteiger partial charge on any atom is -0.493 e. The summed E-state index contributed by atoms with van der Waals surface area (Å²) in [5.74, 6) is 0.322. The van der Waals surface area contributed by atoms with E-state index < -0.39 is 11.5 Å². The zero-order valence-corrected chi connectivity index (χ0v) is 18.2. The molecule has 33 heavy (non-hydrogen) atoms. The Balaban J connectivity index is 1.62. The van der Waals surface area contributed by atoms with Gasteiger partial charge in [-0.15, -0.1) is 0 Å². The van der Waals surface area contributed by atoms with Crippen molar-refractivity contribution >= 4 is 5.91 Å². The Kier molecular flexibility index (Phi) is 5.48. The van der Waals surface area contributed by atoms with Crippen LogP contribution in [0.4, 0.5) is 0 Å². The molecule has 2 N–H and O–H groups in total. The lowest BCUT2D eigenvalue weighted by Crippen LogP contribution is -2.36. The molecule has 1 aliphatic rings. The Hall–Kier alpha value is -4.19. The largest absolute Gasteiger partial charge is 0.493 e. The first-order valence-corrected chi connectivity index (χ1v) is 10.9. The first-order valence-electron chi connectivity index (χ1n) is 10.9. The molecule has 0 saturated heterocycles. The standard InChI is InChI=1S/C27H23N3O3/c1-17-12-13-22-20(16-17)21(14-15-33-22)28-26(31)24-23(18-8-4-2-5-9-18)25(29-30-27(24)32)19-10-6-3-7-11-19/h2-13,16,21H,14-15H2,1H3,(H,28,31)(H,30,32). The summed E-state index contributed by atoms with van der Waals surface area (Å²) in [4.78, 5) is 26.6. The molecule has 5 rings (SSSR count). The molecule has 6 nitrogen and oxygen atoms in total. The van der Waals surface area contributed by atoms with Crippen LogP contribution in [0.25, 0.3) is 22.4 Å². The number of carbonyl (C=O) groups is 1. The Labute approximate surface area is 191 Å². The Morgan fingerprint density at radius 3 is 2.42 bits per heavy atom. The Morgan fingerprint density at radius 2 is 1.70 bits per heavy atom. The number of aromatic nitrogens is 2. The topological polar surface area (TPSA) is 84.1 Å². The average molecular weight is 437 g/mol. The van der Waals surface area contributed by atoms with E-state index >= 15 is 0 Å². The van der Waals surface area contributed by atoms with Crippen molar-refractivity contribution in [3.63, 3.8) is 0 Å². The SMILES string of the molecule is Cc1ccc2c(c1)C(NC(=O)c1c(-c3ccccc3)c(-c3ccccc3)n[nH]c1=O)CCO2. The van der Waals surface area contributed by atoms with E-state index in [4.69, 9.17) is 4.74 Å². The van der Waals surface area contributed by atoms with Crippen LogP contribution in [-0.2, 0) is 0 Å². The molecule has 0 fully saturated rings. The second kappa shape index (κ2) is 8.74. The van der Waals surface area contributed by atoms with Gasteiger partial charge < -0.3 is 10.1 Å². The lowest BCUT2D eigenvalue weighted by Gasteiger charge is -2.27. The van der Waals surface area contributed by atoms with Crippen LogP contribution in [0.1, 0.15) is 33.9 Å². The molecule has 1 amide bonds. The van der Waals surface area contributed by atoms with Crippen LogP contribution in [0.2, 0.25) is 0 Å². The van der Waals surface area contributed by atoms with Gasteiger partial charge in [-0.3, -0.25) is 9.59 Å². The summed E-state index contributed by atoms with van der Waals surface area (Å²) in [5, 5.41) is 9.94. The van der Waals surface area contributed by atoms with Crippen molar-refractivity contribution in [3.8, 4) is 28.1 Å². The van der Waals surface area contributed by atoms with Gasteiger partial charge >= 0.3 is 0 Å². The lowest BCUT2D eigenvalue weighted by atomic mass is 9.94. The van der Waals surface area contributed by atoms with Crippen LogP contribution in [0.5, 0.6) is 5.75 Å². The Bertz CT molecular complexity index is 1360. The van der Waals surface area contributed by atoms with Gasteiger partial charge in [0.1, 0.15) is 11.3 Å². The number of benzene rings is 3. The van der Waals surface area contributed by atoms with Gasteiger partial charge in [0.15, 0.2) is 0 Å². The predicted octanol–water partition coefficient (Wildman–Crippen LogP) is 4.67. The van der Waals surface area contributed by atoms with Crippen LogP contribution in [-0.4, -0.2) is 22.7 Å². The van der Waals surface area contributed by atoms with Crippen LogP contribution in [0.3, 0.4) is 0 Å². The van der Waals surface area contributed by atoms with E-state index in [2.05, 4.69) is 15.5 Å². The van der Waals surface area contributed by atoms with Crippen molar-refractivity contribution in [2.24, 2.45) is 0 Å². The zero-order chi connectivity index (χ0) is 22.8. The highest BCUT2D eigenvalue weighted by atomic mass is 16.5. The van der Waals surface area contributed by atoms with Gasteiger partial charge in [-0.2, -0.15) is 5.10 Å². The van der Waals surface area contributed by atoms with E-state index in [-0.39, 0.29) is 11.6 Å². The molecule has 4 aromatic rings. The van der Waals surface area contributed by atoms with Gasteiger partial charge in [-0.05, 0) is 18.6 Å². The number of carbonyl (C=O) groups excluding carboxylic acids is 1. The third-order valence-corrected chi connectivity index (χ3v) is 5.83. The summed E-state index contributed by atoms with van der Waals surface area (Å²) in [5.41, 5.74) is 4.16. The monoisotopic (exact) mass is 437 g/mol. The number of hydrogen-bond acceptors (Lipinski definition) is 4. The van der Waals surface area contributed by atoms with Crippen LogP contribution in [0.15, 0.2) is 83.7 Å². The van der Waals surface area contributed by atoms with Crippen LogP contribution < -0.4 is 15.6 Å². The molecule has 6 heteroatoms. The van der Waals surface area contributed by atoms with Gasteiger partial charge in [-0.1, -0.05) is 78.4 Å². The number of amides is 1. The van der Waals surface area contributed by atoms with Crippen molar-refractivity contribution in [1.82, 2.24) is 15.5 Å². The highest BCUT2D eigenvalue weighted by Gasteiger charge is 2.28. The first kappa shape index (κ1) is 20.7. The molecule has 1 aliphatic heterocycles. The minimum atomic E-state index is -0.525. The smallest absolute Gasteiger partial charge is 0.277 e. The van der Waals surface area contributed by atoms with Crippen LogP contribution >= 0.6 is 0 Å². The van der Waals surface area contributed by atoms with E-state index in [0.717, 1.165) is 28.0 Å². The minimum absolute atomic E-state index is 0.0516. The molecule has 1 unspecified atom stereocenters. The van der Waals surface area contributed by atoms with Gasteiger partial charge in [-0.25, -0.2) is 5.10 Å². The highest BCUT2D eigenvalue weighted by Crippen LogP contribution is 2.34. The molecule has 3 aromatic carbocycles. The Morgan fingerprint density at radius 1 is 1.00 bits per heavy atom. The molecule has 1 atom stereocenters. The summed E-state index contributed by atoms with van der Waals surface area (Å²) < 4.78 is 5.76. The van der Waals surface area contributed by atoms with Gasteiger partial charge in [0.25, 0.3) is 11.5 Å². The molecular weight excluding hydrogens is 414 g/mol.